The first-order valence-corrected chi connectivity index (χ1v) is 10.6. The topological polar surface area (TPSA) is 52.1 Å². The second kappa shape index (κ2) is 15.9. The van der Waals surface area contributed by atoms with E-state index in [9.17, 15) is 0 Å². The number of likely N-dealkylation sites (N-methyl/N-ethyl adjacent to an activating group) is 1. The van der Waals surface area contributed by atoms with Gasteiger partial charge in [0.1, 0.15) is 0 Å². The van der Waals surface area contributed by atoms with Crippen molar-refractivity contribution >= 4 is 29.9 Å². The standard InChI is InChI=1S/C22H39N5O.HI/c1-23-22(24-12-7-13-26(2)16-17-28-3)25-18-20-8-10-21(11-9-20)19-27-14-5-4-6-15-27;/h8-11H,4-7,12-19H2,1-3H3,(H2,23,24,25);1H. The lowest BCUT2D eigenvalue weighted by Crippen LogP contribution is -2.38. The van der Waals surface area contributed by atoms with E-state index in [0.717, 1.165) is 51.7 Å². The van der Waals surface area contributed by atoms with Gasteiger partial charge in [-0.2, -0.15) is 0 Å². The Balaban J connectivity index is 0.00000420. The zero-order valence-electron chi connectivity index (χ0n) is 18.5. The van der Waals surface area contributed by atoms with Gasteiger partial charge in [0.25, 0.3) is 0 Å². The fraction of sp³-hybridized carbons (Fsp3) is 0.682. The van der Waals surface area contributed by atoms with Crippen LogP contribution in [-0.4, -0.2) is 76.3 Å². The number of halogens is 1. The van der Waals surface area contributed by atoms with Crippen LogP contribution in [0.4, 0.5) is 0 Å². The lowest BCUT2D eigenvalue weighted by atomic mass is 10.1. The lowest BCUT2D eigenvalue weighted by Gasteiger charge is -2.26. The Labute approximate surface area is 194 Å². The van der Waals surface area contributed by atoms with E-state index in [0.29, 0.717) is 0 Å². The van der Waals surface area contributed by atoms with Crippen LogP contribution in [0.5, 0.6) is 0 Å². The number of rotatable bonds is 11. The zero-order valence-corrected chi connectivity index (χ0v) is 20.8. The molecule has 6 nitrogen and oxygen atoms in total. The Morgan fingerprint density at radius 1 is 1.07 bits per heavy atom. The van der Waals surface area contributed by atoms with Crippen LogP contribution in [0.1, 0.15) is 36.8 Å². The maximum absolute atomic E-state index is 5.10. The van der Waals surface area contributed by atoms with Crippen LogP contribution in [0, 0.1) is 0 Å². The molecule has 1 saturated heterocycles. The minimum atomic E-state index is 0. The van der Waals surface area contributed by atoms with Crippen molar-refractivity contribution in [2.24, 2.45) is 4.99 Å². The summed E-state index contributed by atoms with van der Waals surface area (Å²) in [5.41, 5.74) is 2.69. The molecule has 0 radical (unpaired) electrons. The van der Waals surface area contributed by atoms with Crippen LogP contribution in [0.15, 0.2) is 29.3 Å². The van der Waals surface area contributed by atoms with Gasteiger partial charge in [-0.05, 0) is 57.1 Å². The molecule has 0 saturated carbocycles. The molecular formula is C22H40IN5O. The monoisotopic (exact) mass is 517 g/mol. The Bertz CT molecular complexity index is 561. The van der Waals surface area contributed by atoms with Crippen molar-refractivity contribution in [3.63, 3.8) is 0 Å². The fourth-order valence-corrected chi connectivity index (χ4v) is 3.46. The number of hydrogen-bond donors (Lipinski definition) is 2. The summed E-state index contributed by atoms with van der Waals surface area (Å²) < 4.78 is 5.10. The second-order valence-electron chi connectivity index (χ2n) is 7.66. The largest absolute Gasteiger partial charge is 0.383 e. The van der Waals surface area contributed by atoms with Crippen molar-refractivity contribution in [1.29, 1.82) is 0 Å². The number of nitrogens with one attached hydrogen (secondary N) is 2. The first-order valence-electron chi connectivity index (χ1n) is 10.6. The zero-order chi connectivity index (χ0) is 20.0. The molecule has 1 fully saturated rings. The molecule has 1 aromatic carbocycles. The normalized spacial score (nSPS) is 15.2. The number of nitrogens with zero attached hydrogens (tertiary/aromatic N) is 3. The summed E-state index contributed by atoms with van der Waals surface area (Å²) in [7, 11) is 5.69. The molecule has 1 aliphatic rings. The maximum Gasteiger partial charge on any atom is 0.191 e. The molecule has 1 aromatic rings. The van der Waals surface area contributed by atoms with Gasteiger partial charge < -0.3 is 20.3 Å². The van der Waals surface area contributed by atoms with Crippen LogP contribution in [0.3, 0.4) is 0 Å². The molecular weight excluding hydrogens is 477 g/mol. The van der Waals surface area contributed by atoms with E-state index >= 15 is 0 Å². The minimum Gasteiger partial charge on any atom is -0.383 e. The minimum absolute atomic E-state index is 0. The van der Waals surface area contributed by atoms with Gasteiger partial charge in [0, 0.05) is 40.3 Å². The smallest absolute Gasteiger partial charge is 0.191 e. The number of piperidine rings is 1. The van der Waals surface area contributed by atoms with Gasteiger partial charge in [-0.3, -0.25) is 9.89 Å². The molecule has 1 heterocycles. The molecule has 0 atom stereocenters. The van der Waals surface area contributed by atoms with E-state index in [1.165, 1.54) is 43.5 Å². The number of aliphatic imine (C=N–C) groups is 1. The third-order valence-corrected chi connectivity index (χ3v) is 5.25. The van der Waals surface area contributed by atoms with E-state index in [1.807, 2.05) is 7.05 Å². The van der Waals surface area contributed by atoms with Crippen molar-refractivity contribution < 1.29 is 4.74 Å². The summed E-state index contributed by atoms with van der Waals surface area (Å²) in [6.45, 7) is 8.06. The summed E-state index contributed by atoms with van der Waals surface area (Å²) in [4.78, 5) is 9.17. The Morgan fingerprint density at radius 3 is 2.41 bits per heavy atom. The molecule has 0 aromatic heterocycles. The van der Waals surface area contributed by atoms with Crippen LogP contribution in [0.2, 0.25) is 0 Å². The van der Waals surface area contributed by atoms with Crippen molar-refractivity contribution in [1.82, 2.24) is 20.4 Å². The molecule has 0 unspecified atom stereocenters. The first kappa shape index (κ1) is 26.1. The quantitative estimate of drug-likeness (QED) is 0.205. The van der Waals surface area contributed by atoms with Gasteiger partial charge in [0.05, 0.1) is 6.61 Å². The number of hydrogen-bond acceptors (Lipinski definition) is 4. The van der Waals surface area contributed by atoms with E-state index in [2.05, 4.69) is 56.7 Å². The second-order valence-corrected chi connectivity index (χ2v) is 7.66. The number of methoxy groups -OCH3 is 1. The molecule has 0 amide bonds. The van der Waals surface area contributed by atoms with Crippen molar-refractivity contribution in [3.8, 4) is 0 Å². The van der Waals surface area contributed by atoms with Crippen LogP contribution < -0.4 is 10.6 Å². The SMILES string of the molecule is CN=C(NCCCN(C)CCOC)NCc1ccc(CN2CCCCC2)cc1.I. The summed E-state index contributed by atoms with van der Waals surface area (Å²) in [5, 5.41) is 6.79. The van der Waals surface area contributed by atoms with Crippen molar-refractivity contribution in [3.05, 3.63) is 35.4 Å². The van der Waals surface area contributed by atoms with Gasteiger partial charge in [0.2, 0.25) is 0 Å². The predicted molar refractivity (Wildman–Crippen MR) is 133 cm³/mol. The predicted octanol–water partition coefficient (Wildman–Crippen LogP) is 2.92. The summed E-state index contributed by atoms with van der Waals surface area (Å²) in [5.74, 6) is 0.858. The Kier molecular flexibility index (Phi) is 14.3. The molecule has 1 aliphatic heterocycles. The Morgan fingerprint density at radius 2 is 1.76 bits per heavy atom. The van der Waals surface area contributed by atoms with Gasteiger partial charge in [-0.15, -0.1) is 24.0 Å². The highest BCUT2D eigenvalue weighted by molar-refractivity contribution is 14.0. The molecule has 29 heavy (non-hydrogen) atoms. The third kappa shape index (κ3) is 11.2. The van der Waals surface area contributed by atoms with E-state index in [-0.39, 0.29) is 24.0 Å². The Hall–Kier alpha value is -0.900. The highest BCUT2D eigenvalue weighted by Gasteiger charge is 2.10. The maximum atomic E-state index is 5.10. The number of guanidine groups is 1. The average Bonchev–Trinajstić information content (AvgIpc) is 2.73. The lowest BCUT2D eigenvalue weighted by molar-refractivity contribution is 0.161. The van der Waals surface area contributed by atoms with Gasteiger partial charge in [0.15, 0.2) is 5.96 Å². The number of likely N-dealkylation sites (tertiary alicyclic amines) is 1. The molecule has 0 aliphatic carbocycles. The highest BCUT2D eigenvalue weighted by atomic mass is 127. The fourth-order valence-electron chi connectivity index (χ4n) is 3.46. The highest BCUT2D eigenvalue weighted by Crippen LogP contribution is 2.13. The van der Waals surface area contributed by atoms with Crippen molar-refractivity contribution in [2.45, 2.75) is 38.8 Å². The summed E-state index contributed by atoms with van der Waals surface area (Å²) in [6.07, 6.45) is 5.15. The third-order valence-electron chi connectivity index (χ3n) is 5.25. The first-order chi connectivity index (χ1) is 13.7. The van der Waals surface area contributed by atoms with Crippen molar-refractivity contribution in [2.75, 3.05) is 60.5 Å². The molecule has 0 bridgehead atoms. The van der Waals surface area contributed by atoms with Crippen LogP contribution in [0.25, 0.3) is 0 Å². The summed E-state index contributed by atoms with van der Waals surface area (Å²) >= 11 is 0. The molecule has 166 valence electrons. The van der Waals surface area contributed by atoms with E-state index < -0.39 is 0 Å². The number of ether oxygens (including phenoxy) is 1. The van der Waals surface area contributed by atoms with Gasteiger partial charge >= 0.3 is 0 Å². The van der Waals surface area contributed by atoms with E-state index in [1.54, 1.807) is 7.11 Å². The molecule has 7 heteroatoms. The molecule has 2 rings (SSSR count). The summed E-state index contributed by atoms with van der Waals surface area (Å²) in [6, 6.07) is 8.98. The van der Waals surface area contributed by atoms with E-state index in [4.69, 9.17) is 4.74 Å². The van der Waals surface area contributed by atoms with Gasteiger partial charge in [-0.1, -0.05) is 30.7 Å². The molecule has 0 spiro atoms. The molecule has 2 N–H and O–H groups in total. The number of benzene rings is 1. The van der Waals surface area contributed by atoms with Gasteiger partial charge in [-0.25, -0.2) is 0 Å². The van der Waals surface area contributed by atoms with Crippen LogP contribution in [-0.2, 0) is 17.8 Å². The van der Waals surface area contributed by atoms with Crippen LogP contribution >= 0.6 is 24.0 Å². The average molecular weight is 518 g/mol.